The van der Waals surface area contributed by atoms with Gasteiger partial charge in [-0.1, -0.05) is 12.1 Å². The Bertz CT molecular complexity index is 1030. The van der Waals surface area contributed by atoms with Crippen molar-refractivity contribution in [1.29, 1.82) is 0 Å². The molecule has 1 aliphatic heterocycles. The molecule has 10 heteroatoms. The lowest BCUT2D eigenvalue weighted by atomic mass is 9.97. The number of carbonyl (C=O) groups excluding carboxylic acids is 1. The molecular formula is C20H19F3N4O3. The number of anilines is 1. The molecule has 3 aromatic rings. The Morgan fingerprint density at radius 2 is 2.17 bits per heavy atom. The van der Waals surface area contributed by atoms with Gasteiger partial charge in [0.15, 0.2) is 11.7 Å². The van der Waals surface area contributed by atoms with Crippen LogP contribution in [-0.4, -0.2) is 29.0 Å². The van der Waals surface area contributed by atoms with E-state index < -0.39 is 24.2 Å². The third-order valence-corrected chi connectivity index (χ3v) is 4.92. The molecular weight excluding hydrogens is 401 g/mol. The smallest absolute Gasteiger partial charge is 0.410 e. The fourth-order valence-electron chi connectivity index (χ4n) is 3.43. The molecule has 7 nitrogen and oxygen atoms in total. The molecule has 158 valence electrons. The van der Waals surface area contributed by atoms with Crippen LogP contribution in [-0.2, 0) is 6.54 Å². The molecule has 4 rings (SSSR count). The maximum absolute atomic E-state index is 13.8. The third-order valence-electron chi connectivity index (χ3n) is 4.92. The number of carbonyl (C=O) groups is 1. The van der Waals surface area contributed by atoms with E-state index in [1.807, 2.05) is 0 Å². The van der Waals surface area contributed by atoms with Gasteiger partial charge in [-0.15, -0.1) is 0 Å². The number of halogens is 3. The van der Waals surface area contributed by atoms with Crippen molar-refractivity contribution in [2.75, 3.05) is 12.4 Å². The van der Waals surface area contributed by atoms with E-state index in [2.05, 4.69) is 15.7 Å². The number of benzene rings is 1. The van der Waals surface area contributed by atoms with Gasteiger partial charge in [0.1, 0.15) is 17.3 Å². The fraction of sp³-hybridized carbons (Fsp3) is 0.300. The minimum absolute atomic E-state index is 0.107. The molecule has 3 heterocycles. The van der Waals surface area contributed by atoms with E-state index in [0.29, 0.717) is 17.1 Å². The zero-order valence-electron chi connectivity index (χ0n) is 15.9. The Kier molecular flexibility index (Phi) is 5.15. The van der Waals surface area contributed by atoms with Gasteiger partial charge in [0.2, 0.25) is 0 Å². The lowest BCUT2D eigenvalue weighted by molar-refractivity contribution is -0.173. The number of fused-ring (bicyclic) bond motifs is 1. The van der Waals surface area contributed by atoms with E-state index in [1.54, 1.807) is 36.4 Å². The Hall–Kier alpha value is -3.43. The van der Waals surface area contributed by atoms with Crippen LogP contribution in [0.25, 0.3) is 0 Å². The summed E-state index contributed by atoms with van der Waals surface area (Å²) < 4.78 is 52.5. The number of rotatable bonds is 5. The molecule has 1 aliphatic rings. The van der Waals surface area contributed by atoms with E-state index in [0.717, 1.165) is 4.68 Å². The average Bonchev–Trinajstić information content (AvgIpc) is 3.40. The summed E-state index contributed by atoms with van der Waals surface area (Å²) in [6, 6.07) is 9.06. The Morgan fingerprint density at radius 3 is 2.87 bits per heavy atom. The zero-order valence-corrected chi connectivity index (χ0v) is 15.9. The molecule has 0 aliphatic carbocycles. The summed E-state index contributed by atoms with van der Waals surface area (Å²) in [5, 5.41) is 9.57. The van der Waals surface area contributed by atoms with Crippen LogP contribution in [0.5, 0.6) is 5.75 Å². The van der Waals surface area contributed by atoms with Gasteiger partial charge in [-0.25, -0.2) is 4.68 Å². The van der Waals surface area contributed by atoms with Crippen LogP contribution in [0.4, 0.5) is 19.0 Å². The summed E-state index contributed by atoms with van der Waals surface area (Å²) in [4.78, 5) is 12.4. The molecule has 0 saturated heterocycles. The van der Waals surface area contributed by atoms with Crippen LogP contribution < -0.4 is 15.4 Å². The lowest BCUT2D eigenvalue weighted by Gasteiger charge is -2.33. The maximum Gasteiger partial charge on any atom is 0.410 e. The highest BCUT2D eigenvalue weighted by Gasteiger charge is 2.46. The lowest BCUT2D eigenvalue weighted by Crippen LogP contribution is -2.35. The summed E-state index contributed by atoms with van der Waals surface area (Å²) in [5.41, 5.74) is 0.546. The Balaban J connectivity index is 1.60. The highest BCUT2D eigenvalue weighted by Crippen LogP contribution is 2.43. The van der Waals surface area contributed by atoms with E-state index in [4.69, 9.17) is 9.15 Å². The maximum atomic E-state index is 13.8. The summed E-state index contributed by atoms with van der Waals surface area (Å²) in [5.74, 6) is 0.611. The third kappa shape index (κ3) is 3.98. The Morgan fingerprint density at radius 1 is 1.33 bits per heavy atom. The van der Waals surface area contributed by atoms with Crippen LogP contribution in [0, 0.1) is 0 Å². The largest absolute Gasteiger partial charge is 0.497 e. The second kappa shape index (κ2) is 7.77. The summed E-state index contributed by atoms with van der Waals surface area (Å²) in [6.07, 6.45) is -3.33. The molecule has 1 aromatic carbocycles. The van der Waals surface area contributed by atoms with Gasteiger partial charge in [0.05, 0.1) is 26.0 Å². The van der Waals surface area contributed by atoms with Crippen molar-refractivity contribution >= 4 is 11.7 Å². The van der Waals surface area contributed by atoms with Crippen LogP contribution in [0.3, 0.4) is 0 Å². The molecule has 0 fully saturated rings. The van der Waals surface area contributed by atoms with Crippen molar-refractivity contribution in [1.82, 2.24) is 15.1 Å². The van der Waals surface area contributed by atoms with Gasteiger partial charge >= 0.3 is 6.18 Å². The normalized spacial score (nSPS) is 18.4. The number of alkyl halides is 3. The van der Waals surface area contributed by atoms with E-state index >= 15 is 0 Å². The monoisotopic (exact) mass is 420 g/mol. The number of hydrogen-bond donors (Lipinski definition) is 2. The second-order valence-corrected chi connectivity index (χ2v) is 6.89. The molecule has 0 bridgehead atoms. The van der Waals surface area contributed by atoms with Gasteiger partial charge in [-0.3, -0.25) is 4.79 Å². The first-order valence-electron chi connectivity index (χ1n) is 9.22. The standard InChI is InChI=1S/C20H19F3N4O3/c1-29-13-5-2-4-12(8-13)15-9-17(20(21,22)23)27-18(25-15)10-16(26-27)19(28)24-11-14-6-3-7-30-14/h2-8,10,15,17,25H,9,11H2,1H3,(H,24,28). The summed E-state index contributed by atoms with van der Waals surface area (Å²) >= 11 is 0. The second-order valence-electron chi connectivity index (χ2n) is 6.89. The number of nitrogens with zero attached hydrogens (tertiary/aromatic N) is 2. The zero-order chi connectivity index (χ0) is 21.3. The SMILES string of the molecule is COc1cccc(C2CC(C(F)(F)F)n3nc(C(=O)NCc4ccco4)cc3N2)c1. The molecule has 2 unspecified atom stereocenters. The Labute approximate surface area is 169 Å². The molecule has 0 spiro atoms. The van der Waals surface area contributed by atoms with Crippen LogP contribution in [0.2, 0.25) is 0 Å². The van der Waals surface area contributed by atoms with E-state index in [9.17, 15) is 18.0 Å². The minimum Gasteiger partial charge on any atom is -0.497 e. The first kappa shape index (κ1) is 19.9. The fourth-order valence-corrected chi connectivity index (χ4v) is 3.43. The van der Waals surface area contributed by atoms with E-state index in [-0.39, 0.29) is 24.5 Å². The molecule has 30 heavy (non-hydrogen) atoms. The van der Waals surface area contributed by atoms with Crippen LogP contribution >= 0.6 is 0 Å². The van der Waals surface area contributed by atoms with Crippen molar-refractivity contribution in [2.24, 2.45) is 0 Å². The number of ether oxygens (including phenoxy) is 1. The molecule has 2 atom stereocenters. The first-order valence-corrected chi connectivity index (χ1v) is 9.22. The van der Waals surface area contributed by atoms with Crippen LogP contribution in [0.1, 0.15) is 40.3 Å². The summed E-state index contributed by atoms with van der Waals surface area (Å²) in [6.45, 7) is 0.108. The molecule has 0 saturated carbocycles. The van der Waals surface area contributed by atoms with Gasteiger partial charge in [0, 0.05) is 12.5 Å². The van der Waals surface area contributed by atoms with Crippen molar-refractivity contribution in [3.63, 3.8) is 0 Å². The van der Waals surface area contributed by atoms with Gasteiger partial charge in [0.25, 0.3) is 5.91 Å². The number of amides is 1. The summed E-state index contributed by atoms with van der Waals surface area (Å²) in [7, 11) is 1.49. The van der Waals surface area contributed by atoms with E-state index in [1.165, 1.54) is 19.4 Å². The number of nitrogens with one attached hydrogen (secondary N) is 2. The molecule has 2 aromatic heterocycles. The van der Waals surface area contributed by atoms with Gasteiger partial charge in [-0.2, -0.15) is 18.3 Å². The van der Waals surface area contributed by atoms with Crippen molar-refractivity contribution in [3.05, 3.63) is 65.7 Å². The predicted molar refractivity (Wildman–Crippen MR) is 101 cm³/mol. The number of hydrogen-bond acceptors (Lipinski definition) is 5. The van der Waals surface area contributed by atoms with Gasteiger partial charge < -0.3 is 19.8 Å². The average molecular weight is 420 g/mol. The van der Waals surface area contributed by atoms with Crippen molar-refractivity contribution in [2.45, 2.75) is 31.2 Å². The van der Waals surface area contributed by atoms with Crippen molar-refractivity contribution in [3.8, 4) is 5.75 Å². The highest BCUT2D eigenvalue weighted by molar-refractivity contribution is 5.93. The van der Waals surface area contributed by atoms with Gasteiger partial charge in [-0.05, 0) is 29.8 Å². The predicted octanol–water partition coefficient (Wildman–Crippen LogP) is 4.08. The number of furan rings is 1. The highest BCUT2D eigenvalue weighted by atomic mass is 19.4. The quantitative estimate of drug-likeness (QED) is 0.650. The van der Waals surface area contributed by atoms with Crippen LogP contribution in [0.15, 0.2) is 53.1 Å². The molecule has 2 N–H and O–H groups in total. The molecule has 1 amide bonds. The topological polar surface area (TPSA) is 81.3 Å². The molecule has 0 radical (unpaired) electrons. The number of methoxy groups -OCH3 is 1. The van der Waals surface area contributed by atoms with Crippen molar-refractivity contribution < 1.29 is 27.1 Å². The first-order chi connectivity index (χ1) is 14.3. The minimum atomic E-state index is -4.53. The number of aromatic nitrogens is 2.